The number of aromatic nitrogens is 4. The normalized spacial score (nSPS) is 13.4. The highest BCUT2D eigenvalue weighted by molar-refractivity contribution is 7.90. The average Bonchev–Trinajstić information content (AvgIpc) is 3.59. The van der Waals surface area contributed by atoms with Crippen LogP contribution in [-0.2, 0) is 32.2 Å². The van der Waals surface area contributed by atoms with E-state index in [-0.39, 0.29) is 21.4 Å². The van der Waals surface area contributed by atoms with Gasteiger partial charge in [0.1, 0.15) is 18.1 Å². The van der Waals surface area contributed by atoms with E-state index in [1.807, 2.05) is 24.3 Å². The maximum absolute atomic E-state index is 12.5. The molecule has 47 heavy (non-hydrogen) atoms. The lowest BCUT2D eigenvalue weighted by Gasteiger charge is -2.42. The number of fused-ring (bicyclic) bond motifs is 1. The Morgan fingerprint density at radius 1 is 0.979 bits per heavy atom. The molecule has 9 nitrogen and oxygen atoms in total. The molecule has 258 valence electrons. The molecule has 0 aliphatic carbocycles. The van der Waals surface area contributed by atoms with Gasteiger partial charge in [0, 0.05) is 52.6 Å². The summed E-state index contributed by atoms with van der Waals surface area (Å²) in [4.78, 5) is 13.8. The van der Waals surface area contributed by atoms with E-state index < -0.39 is 18.2 Å². The van der Waals surface area contributed by atoms with Gasteiger partial charge >= 0.3 is 0 Å². The number of hydrogen-bond acceptors (Lipinski definition) is 8. The van der Waals surface area contributed by atoms with Gasteiger partial charge in [-0.15, -0.1) is 0 Å². The van der Waals surface area contributed by atoms with Gasteiger partial charge in [0.25, 0.3) is 0 Å². The first kappa shape index (κ1) is 37.2. The third-order valence-electron chi connectivity index (χ3n) is 9.02. The van der Waals surface area contributed by atoms with Gasteiger partial charge in [-0.3, -0.25) is 0 Å². The Labute approximate surface area is 284 Å². The fraction of sp³-hybridized carbons (Fsp3) is 0.571. The Bertz CT molecular complexity index is 1720. The summed E-state index contributed by atoms with van der Waals surface area (Å²) in [5.41, 5.74) is 4.98. The minimum Gasteiger partial charge on any atom is -0.464 e. The molecule has 0 bridgehead atoms. The van der Waals surface area contributed by atoms with Crippen LogP contribution >= 0.6 is 0 Å². The number of sulfone groups is 1. The van der Waals surface area contributed by atoms with E-state index in [1.165, 1.54) is 6.20 Å². The van der Waals surface area contributed by atoms with Gasteiger partial charge in [-0.2, -0.15) is 0 Å². The molecule has 12 heteroatoms. The predicted molar refractivity (Wildman–Crippen MR) is 196 cm³/mol. The van der Waals surface area contributed by atoms with Crippen LogP contribution in [0.1, 0.15) is 74.6 Å². The summed E-state index contributed by atoms with van der Waals surface area (Å²) in [7, 11) is -5.95. The third-order valence-corrected chi connectivity index (χ3v) is 18.1. The molecule has 0 aliphatic rings. The van der Waals surface area contributed by atoms with Gasteiger partial charge in [0.15, 0.2) is 8.32 Å². The molecular formula is C35H54N4O5SSi2. The number of benzene rings is 1. The zero-order chi connectivity index (χ0) is 34.6. The SMILES string of the molecule is CC(C)[Si](OCCCc1nc(-c2ccc3ccoc3c2)c(-c2ccnc(S(C)(=O)=O)n2)n1COCC[SiH2]C(C)(C)C)(C(C)C)C(C)C. The van der Waals surface area contributed by atoms with Crippen molar-refractivity contribution in [3.63, 3.8) is 0 Å². The van der Waals surface area contributed by atoms with Crippen molar-refractivity contribution >= 4 is 38.6 Å². The smallest absolute Gasteiger partial charge is 0.247 e. The van der Waals surface area contributed by atoms with Gasteiger partial charge in [-0.25, -0.2) is 23.4 Å². The molecule has 4 aromatic rings. The van der Waals surface area contributed by atoms with Crippen molar-refractivity contribution in [1.29, 1.82) is 0 Å². The van der Waals surface area contributed by atoms with Crippen LogP contribution in [0.5, 0.6) is 0 Å². The molecule has 0 fully saturated rings. The minimum atomic E-state index is -3.64. The number of furan rings is 1. The minimum absolute atomic E-state index is 0.223. The van der Waals surface area contributed by atoms with Crippen molar-refractivity contribution < 1.29 is 22.0 Å². The zero-order valence-electron chi connectivity index (χ0n) is 30.0. The average molecular weight is 699 g/mol. The highest BCUT2D eigenvalue weighted by Crippen LogP contribution is 2.42. The Hall–Kier alpha value is -2.65. The summed E-state index contributed by atoms with van der Waals surface area (Å²) in [5.74, 6) is 0.844. The van der Waals surface area contributed by atoms with Crippen LogP contribution in [0.2, 0.25) is 27.7 Å². The van der Waals surface area contributed by atoms with Gasteiger partial charge in [0.2, 0.25) is 15.0 Å². The van der Waals surface area contributed by atoms with Crippen molar-refractivity contribution in [1.82, 2.24) is 19.5 Å². The number of hydrogen-bond donors (Lipinski definition) is 0. The van der Waals surface area contributed by atoms with E-state index >= 15 is 0 Å². The highest BCUT2D eigenvalue weighted by atomic mass is 32.2. The van der Waals surface area contributed by atoms with Crippen molar-refractivity contribution in [2.75, 3.05) is 19.5 Å². The Kier molecular flexibility index (Phi) is 12.1. The predicted octanol–water partition coefficient (Wildman–Crippen LogP) is 8.06. The molecule has 0 spiro atoms. The molecule has 0 saturated carbocycles. The first-order chi connectivity index (χ1) is 22.0. The van der Waals surface area contributed by atoms with Crippen LogP contribution < -0.4 is 0 Å². The zero-order valence-corrected chi connectivity index (χ0v) is 33.2. The van der Waals surface area contributed by atoms with Gasteiger partial charge in [-0.05, 0) is 52.3 Å². The van der Waals surface area contributed by atoms with Crippen molar-refractivity contribution in [2.24, 2.45) is 0 Å². The van der Waals surface area contributed by atoms with Crippen LogP contribution in [0.4, 0.5) is 0 Å². The first-order valence-electron chi connectivity index (χ1n) is 16.9. The second-order valence-corrected chi connectivity index (χ2v) is 25.5. The molecule has 3 aromatic heterocycles. The number of nitrogens with zero attached hydrogens (tertiary/aromatic N) is 4. The molecule has 0 radical (unpaired) electrons. The molecule has 0 aliphatic heterocycles. The third kappa shape index (κ3) is 8.88. The topological polar surface area (TPSA) is 109 Å². The van der Waals surface area contributed by atoms with Gasteiger partial charge in [-0.1, -0.05) is 74.4 Å². The fourth-order valence-corrected chi connectivity index (χ4v) is 14.3. The van der Waals surface area contributed by atoms with Crippen LogP contribution in [-0.4, -0.2) is 65.2 Å². The summed E-state index contributed by atoms with van der Waals surface area (Å²) in [6, 6.07) is 10.7. The summed E-state index contributed by atoms with van der Waals surface area (Å²) in [5, 5.41) is 1.13. The van der Waals surface area contributed by atoms with Crippen LogP contribution in [0.25, 0.3) is 33.6 Å². The van der Waals surface area contributed by atoms with Crippen LogP contribution in [0, 0.1) is 0 Å². The first-order valence-corrected chi connectivity index (χ1v) is 22.6. The maximum Gasteiger partial charge on any atom is 0.247 e. The Morgan fingerprint density at radius 3 is 2.32 bits per heavy atom. The standard InChI is InChI=1S/C35H54N4O5SSi2/c1-24(2)47(25(3)4,26(5)6)44-18-11-12-31-38-32(28-14-13-27-16-19-43-30(27)22-28)33(29-15-17-36-34(37-29)45(10,40)41)39(31)23-42-20-21-46-35(7,8)9/h13-17,19,22,24-26H,11-12,18,20-21,23,46H2,1-10H3. The summed E-state index contributed by atoms with van der Waals surface area (Å²) < 4.78 is 46.1. The molecule has 0 N–H and O–H groups in total. The second-order valence-electron chi connectivity index (χ2n) is 14.8. The van der Waals surface area contributed by atoms with E-state index in [1.54, 1.807) is 12.3 Å². The molecular weight excluding hydrogens is 645 g/mol. The van der Waals surface area contributed by atoms with Crippen molar-refractivity contribution in [3.8, 4) is 22.6 Å². The van der Waals surface area contributed by atoms with Crippen LogP contribution in [0.15, 0.2) is 52.4 Å². The fourth-order valence-electron chi connectivity index (χ4n) is 6.88. The molecule has 4 rings (SSSR count). The van der Waals surface area contributed by atoms with Crippen LogP contribution in [0.3, 0.4) is 0 Å². The second kappa shape index (κ2) is 15.3. The van der Waals surface area contributed by atoms with E-state index in [2.05, 4.69) is 76.8 Å². The largest absolute Gasteiger partial charge is 0.464 e. The number of ether oxygens (including phenoxy) is 1. The van der Waals surface area contributed by atoms with E-state index in [0.717, 1.165) is 41.1 Å². The van der Waals surface area contributed by atoms with Crippen molar-refractivity contribution in [2.45, 2.75) is 115 Å². The summed E-state index contributed by atoms with van der Waals surface area (Å²) >= 11 is 0. The van der Waals surface area contributed by atoms with Crippen molar-refractivity contribution in [3.05, 3.63) is 48.6 Å². The monoisotopic (exact) mass is 698 g/mol. The van der Waals surface area contributed by atoms with E-state index in [4.69, 9.17) is 18.6 Å². The highest BCUT2D eigenvalue weighted by Gasteiger charge is 2.44. The Morgan fingerprint density at radius 2 is 1.68 bits per heavy atom. The molecule has 1 aromatic carbocycles. The summed E-state index contributed by atoms with van der Waals surface area (Å²) in [6.45, 7) is 22.3. The molecule has 0 unspecified atom stereocenters. The van der Waals surface area contributed by atoms with Gasteiger partial charge in [0.05, 0.1) is 23.3 Å². The molecule has 0 atom stereocenters. The lowest BCUT2D eigenvalue weighted by Crippen LogP contribution is -2.48. The lowest BCUT2D eigenvalue weighted by atomic mass is 10.1. The molecule has 0 saturated heterocycles. The summed E-state index contributed by atoms with van der Waals surface area (Å²) in [6.07, 6.45) is 5.75. The number of aryl methyl sites for hydroxylation is 1. The van der Waals surface area contributed by atoms with E-state index in [9.17, 15) is 8.42 Å². The number of imidazole rings is 1. The maximum atomic E-state index is 12.5. The lowest BCUT2D eigenvalue weighted by molar-refractivity contribution is 0.0863. The van der Waals surface area contributed by atoms with Gasteiger partial charge < -0.3 is 18.1 Å². The Balaban J connectivity index is 1.77. The molecule has 0 amide bonds. The number of rotatable bonds is 16. The van der Waals surface area contributed by atoms with E-state index in [0.29, 0.717) is 58.4 Å². The molecule has 3 heterocycles. The quantitative estimate of drug-likeness (QED) is 0.0657.